The highest BCUT2D eigenvalue weighted by atomic mass is 16.5. The van der Waals surface area contributed by atoms with Crippen molar-refractivity contribution < 1.29 is 14.3 Å². The molecular formula is C23H25N3O5. The first-order chi connectivity index (χ1) is 14.9. The number of carbonyl (C=O) groups is 1. The summed E-state index contributed by atoms with van der Waals surface area (Å²) in [5.74, 6) is 0.796. The molecular weight excluding hydrogens is 398 g/mol. The van der Waals surface area contributed by atoms with Crippen LogP contribution in [0.1, 0.15) is 25.5 Å². The van der Waals surface area contributed by atoms with Crippen LogP contribution in [0.4, 0.5) is 0 Å². The molecule has 0 fully saturated rings. The van der Waals surface area contributed by atoms with Gasteiger partial charge in [0.2, 0.25) is 5.91 Å². The predicted molar refractivity (Wildman–Crippen MR) is 117 cm³/mol. The Kier molecular flexibility index (Phi) is 6.92. The fourth-order valence-corrected chi connectivity index (χ4v) is 3.19. The van der Waals surface area contributed by atoms with Crippen LogP contribution in [0.25, 0.3) is 5.69 Å². The van der Waals surface area contributed by atoms with E-state index in [0.717, 1.165) is 10.1 Å². The molecule has 162 valence electrons. The molecule has 8 heteroatoms. The van der Waals surface area contributed by atoms with Crippen molar-refractivity contribution in [1.82, 2.24) is 14.5 Å². The largest absolute Gasteiger partial charge is 0.497 e. The van der Waals surface area contributed by atoms with Gasteiger partial charge in [-0.1, -0.05) is 24.3 Å². The van der Waals surface area contributed by atoms with Crippen molar-refractivity contribution in [2.45, 2.75) is 26.4 Å². The Bertz CT molecular complexity index is 1180. The lowest BCUT2D eigenvalue weighted by Gasteiger charge is -2.16. The summed E-state index contributed by atoms with van der Waals surface area (Å²) in [7, 11) is 1.57. The average Bonchev–Trinajstić information content (AvgIpc) is 2.78. The maximum atomic E-state index is 12.7. The van der Waals surface area contributed by atoms with Gasteiger partial charge in [0.1, 0.15) is 18.0 Å². The summed E-state index contributed by atoms with van der Waals surface area (Å²) < 4.78 is 13.1. The minimum Gasteiger partial charge on any atom is -0.497 e. The zero-order chi connectivity index (χ0) is 22.4. The molecule has 3 rings (SSSR count). The van der Waals surface area contributed by atoms with Crippen LogP contribution in [-0.2, 0) is 11.3 Å². The van der Waals surface area contributed by atoms with Gasteiger partial charge in [-0.05, 0) is 43.7 Å². The van der Waals surface area contributed by atoms with Crippen LogP contribution >= 0.6 is 0 Å². The molecule has 0 spiro atoms. The second-order valence-corrected chi connectivity index (χ2v) is 6.87. The van der Waals surface area contributed by atoms with E-state index in [4.69, 9.17) is 9.47 Å². The van der Waals surface area contributed by atoms with Gasteiger partial charge in [0.15, 0.2) is 0 Å². The summed E-state index contributed by atoms with van der Waals surface area (Å²) in [5, 5.41) is 2.83. The molecule has 31 heavy (non-hydrogen) atoms. The summed E-state index contributed by atoms with van der Waals surface area (Å²) in [6.45, 7) is 3.82. The summed E-state index contributed by atoms with van der Waals surface area (Å²) in [4.78, 5) is 37.7. The first-order valence-corrected chi connectivity index (χ1v) is 9.92. The number of para-hydroxylation sites is 2. The molecule has 0 aliphatic heterocycles. The van der Waals surface area contributed by atoms with E-state index < -0.39 is 11.1 Å². The Hall–Kier alpha value is -3.81. The standard InChI is InChI=1S/C23H25N3O5/c1-4-31-20-11-6-5-10-19(20)26-13-12-25(22(28)23(26)29)15-21(27)24-16(2)17-8-7-9-18(14-17)30-3/h5-14,16H,4,15H2,1-3H3,(H,24,27)/t16-/m1/s1. The second kappa shape index (κ2) is 9.80. The van der Waals surface area contributed by atoms with Crippen molar-refractivity contribution in [3.63, 3.8) is 0 Å². The molecule has 1 heterocycles. The fourth-order valence-electron chi connectivity index (χ4n) is 3.19. The van der Waals surface area contributed by atoms with Gasteiger partial charge in [-0.25, -0.2) is 0 Å². The highest BCUT2D eigenvalue weighted by Gasteiger charge is 2.15. The van der Waals surface area contributed by atoms with E-state index in [9.17, 15) is 14.4 Å². The van der Waals surface area contributed by atoms with E-state index in [1.807, 2.05) is 38.1 Å². The Labute approximate surface area is 179 Å². The molecule has 1 N–H and O–H groups in total. The lowest BCUT2D eigenvalue weighted by Crippen LogP contribution is -2.42. The molecule has 0 bridgehead atoms. The van der Waals surface area contributed by atoms with Gasteiger partial charge >= 0.3 is 11.1 Å². The summed E-state index contributed by atoms with van der Waals surface area (Å²) >= 11 is 0. The minimum absolute atomic E-state index is 0.268. The quantitative estimate of drug-likeness (QED) is 0.562. The number of hydrogen-bond acceptors (Lipinski definition) is 5. The number of benzene rings is 2. The molecule has 0 aliphatic rings. The van der Waals surface area contributed by atoms with Crippen LogP contribution in [0.5, 0.6) is 11.5 Å². The van der Waals surface area contributed by atoms with Gasteiger partial charge in [0, 0.05) is 12.4 Å². The van der Waals surface area contributed by atoms with Crippen LogP contribution in [0.15, 0.2) is 70.5 Å². The van der Waals surface area contributed by atoms with Crippen molar-refractivity contribution in [2.24, 2.45) is 0 Å². The molecule has 3 aromatic rings. The van der Waals surface area contributed by atoms with Crippen molar-refractivity contribution in [3.05, 3.63) is 87.2 Å². The third-order valence-electron chi connectivity index (χ3n) is 4.77. The maximum Gasteiger partial charge on any atom is 0.321 e. The van der Waals surface area contributed by atoms with Crippen molar-refractivity contribution in [3.8, 4) is 17.2 Å². The SMILES string of the molecule is CCOc1ccccc1-n1ccn(CC(=O)N[C@H](C)c2cccc(OC)c2)c(=O)c1=O. The first-order valence-electron chi connectivity index (χ1n) is 9.92. The Morgan fingerprint density at radius 2 is 1.84 bits per heavy atom. The van der Waals surface area contributed by atoms with Crippen molar-refractivity contribution in [1.29, 1.82) is 0 Å². The number of nitrogens with zero attached hydrogens (tertiary/aromatic N) is 2. The van der Waals surface area contributed by atoms with Gasteiger partial charge in [-0.15, -0.1) is 0 Å². The zero-order valence-corrected chi connectivity index (χ0v) is 17.7. The lowest BCUT2D eigenvalue weighted by molar-refractivity contribution is -0.122. The molecule has 8 nitrogen and oxygen atoms in total. The van der Waals surface area contributed by atoms with E-state index in [1.54, 1.807) is 31.4 Å². The lowest BCUT2D eigenvalue weighted by atomic mass is 10.1. The van der Waals surface area contributed by atoms with Crippen LogP contribution in [0.2, 0.25) is 0 Å². The summed E-state index contributed by atoms with van der Waals surface area (Å²) in [5.41, 5.74) is -0.223. The molecule has 0 saturated heterocycles. The number of amides is 1. The predicted octanol–water partition coefficient (Wildman–Crippen LogP) is 2.28. The van der Waals surface area contributed by atoms with E-state index in [1.165, 1.54) is 17.0 Å². The Morgan fingerprint density at radius 1 is 1.06 bits per heavy atom. The number of methoxy groups -OCH3 is 1. The fraction of sp³-hybridized carbons (Fsp3) is 0.261. The number of aromatic nitrogens is 2. The van der Waals surface area contributed by atoms with E-state index in [-0.39, 0.29) is 18.5 Å². The van der Waals surface area contributed by atoms with Crippen LogP contribution in [0.3, 0.4) is 0 Å². The molecule has 2 aromatic carbocycles. The Balaban J connectivity index is 1.79. The second-order valence-electron chi connectivity index (χ2n) is 6.87. The molecule has 1 aromatic heterocycles. The van der Waals surface area contributed by atoms with Gasteiger partial charge in [0.25, 0.3) is 0 Å². The van der Waals surface area contributed by atoms with Gasteiger partial charge < -0.3 is 14.8 Å². The van der Waals surface area contributed by atoms with E-state index >= 15 is 0 Å². The van der Waals surface area contributed by atoms with Crippen molar-refractivity contribution in [2.75, 3.05) is 13.7 Å². The third-order valence-corrected chi connectivity index (χ3v) is 4.77. The van der Waals surface area contributed by atoms with Crippen LogP contribution in [0, 0.1) is 0 Å². The number of rotatable bonds is 8. The number of ether oxygens (including phenoxy) is 2. The van der Waals surface area contributed by atoms with E-state index in [2.05, 4.69) is 5.32 Å². The number of hydrogen-bond donors (Lipinski definition) is 1. The van der Waals surface area contributed by atoms with Gasteiger partial charge in [-0.3, -0.25) is 23.5 Å². The number of carbonyl (C=O) groups excluding carboxylic acids is 1. The molecule has 1 amide bonds. The van der Waals surface area contributed by atoms with Crippen LogP contribution in [-0.4, -0.2) is 28.8 Å². The molecule has 0 aliphatic carbocycles. The number of nitrogens with one attached hydrogen (secondary N) is 1. The Morgan fingerprint density at radius 3 is 2.58 bits per heavy atom. The smallest absolute Gasteiger partial charge is 0.321 e. The summed E-state index contributed by atoms with van der Waals surface area (Å²) in [6, 6.07) is 14.0. The topological polar surface area (TPSA) is 91.6 Å². The molecule has 1 atom stereocenters. The molecule has 0 radical (unpaired) electrons. The monoisotopic (exact) mass is 423 g/mol. The minimum atomic E-state index is -0.794. The van der Waals surface area contributed by atoms with Gasteiger partial charge in [0.05, 0.1) is 25.4 Å². The third kappa shape index (κ3) is 5.03. The highest BCUT2D eigenvalue weighted by Crippen LogP contribution is 2.21. The normalized spacial score (nSPS) is 11.6. The van der Waals surface area contributed by atoms with Crippen molar-refractivity contribution >= 4 is 5.91 Å². The van der Waals surface area contributed by atoms with Gasteiger partial charge in [-0.2, -0.15) is 0 Å². The maximum absolute atomic E-state index is 12.7. The first kappa shape index (κ1) is 21.9. The van der Waals surface area contributed by atoms with E-state index in [0.29, 0.717) is 23.8 Å². The zero-order valence-electron chi connectivity index (χ0n) is 17.7. The average molecular weight is 423 g/mol. The summed E-state index contributed by atoms with van der Waals surface area (Å²) in [6.07, 6.45) is 2.88. The van der Waals surface area contributed by atoms with Crippen LogP contribution < -0.4 is 25.9 Å². The highest BCUT2D eigenvalue weighted by molar-refractivity contribution is 5.76. The molecule has 0 saturated carbocycles. The molecule has 0 unspecified atom stereocenters.